The zero-order chi connectivity index (χ0) is 9.42. The summed E-state index contributed by atoms with van der Waals surface area (Å²) in [5.41, 5.74) is 1.74. The van der Waals surface area contributed by atoms with Crippen LogP contribution in [0.15, 0.2) is 16.6 Å². The lowest BCUT2D eigenvalue weighted by Gasteiger charge is -2.23. The second kappa shape index (κ2) is 3.73. The predicted molar refractivity (Wildman–Crippen MR) is 64.0 cm³/mol. The Bertz CT molecular complexity index is 343. The first kappa shape index (κ1) is 9.71. The van der Waals surface area contributed by atoms with Crippen LogP contribution in [0.3, 0.4) is 0 Å². The second-order valence-electron chi connectivity index (χ2n) is 3.01. The van der Waals surface area contributed by atoms with Crippen molar-refractivity contribution < 1.29 is 4.39 Å². The van der Waals surface area contributed by atoms with E-state index in [1.54, 1.807) is 6.07 Å². The smallest absolute Gasteiger partial charge is 0.143 e. The number of hydrogen-bond donors (Lipinski definition) is 1. The molecule has 70 valence electrons. The molecule has 0 bridgehead atoms. The van der Waals surface area contributed by atoms with Gasteiger partial charge < -0.3 is 5.32 Å². The Balaban J connectivity index is 2.58. The predicted octanol–water partition coefficient (Wildman–Crippen LogP) is 3.88. The Morgan fingerprint density at radius 3 is 3.08 bits per heavy atom. The SMILES string of the molecule is Fc1c(Br)ccc2c1C(I)CCN2. The zero-order valence-electron chi connectivity index (χ0n) is 6.78. The maximum Gasteiger partial charge on any atom is 0.143 e. The fraction of sp³-hybridized carbons (Fsp3) is 0.333. The lowest BCUT2D eigenvalue weighted by Crippen LogP contribution is -2.15. The van der Waals surface area contributed by atoms with Crippen molar-refractivity contribution in [1.29, 1.82) is 0 Å². The molecule has 1 aromatic carbocycles. The first-order valence-electron chi connectivity index (χ1n) is 4.06. The molecule has 1 nitrogen and oxygen atoms in total. The topological polar surface area (TPSA) is 12.0 Å². The van der Waals surface area contributed by atoms with Gasteiger partial charge in [0.15, 0.2) is 0 Å². The molecule has 0 saturated carbocycles. The van der Waals surface area contributed by atoms with Crippen molar-refractivity contribution >= 4 is 44.2 Å². The molecule has 13 heavy (non-hydrogen) atoms. The minimum atomic E-state index is -0.121. The van der Waals surface area contributed by atoms with E-state index in [1.165, 1.54) is 0 Å². The second-order valence-corrected chi connectivity index (χ2v) is 5.36. The van der Waals surface area contributed by atoms with Gasteiger partial charge in [-0.05, 0) is 34.5 Å². The van der Waals surface area contributed by atoms with Gasteiger partial charge in [-0.25, -0.2) is 4.39 Å². The summed E-state index contributed by atoms with van der Waals surface area (Å²) >= 11 is 5.49. The fourth-order valence-electron chi connectivity index (χ4n) is 1.50. The van der Waals surface area contributed by atoms with Gasteiger partial charge in [0.05, 0.1) is 4.47 Å². The molecule has 1 atom stereocenters. The van der Waals surface area contributed by atoms with Crippen molar-refractivity contribution in [3.8, 4) is 0 Å². The Morgan fingerprint density at radius 2 is 2.31 bits per heavy atom. The third kappa shape index (κ3) is 1.70. The first-order valence-corrected chi connectivity index (χ1v) is 6.10. The highest BCUT2D eigenvalue weighted by Crippen LogP contribution is 2.40. The van der Waals surface area contributed by atoms with Crippen LogP contribution in [0.4, 0.5) is 10.1 Å². The third-order valence-electron chi connectivity index (χ3n) is 2.16. The summed E-state index contributed by atoms with van der Waals surface area (Å²) in [4.78, 5) is 0. The van der Waals surface area contributed by atoms with Crippen LogP contribution in [0, 0.1) is 5.82 Å². The molecule has 1 aliphatic rings. The van der Waals surface area contributed by atoms with E-state index in [-0.39, 0.29) is 9.74 Å². The van der Waals surface area contributed by atoms with Gasteiger partial charge in [0.25, 0.3) is 0 Å². The van der Waals surface area contributed by atoms with Crippen molar-refractivity contribution in [2.24, 2.45) is 0 Å². The summed E-state index contributed by atoms with van der Waals surface area (Å²) in [6, 6.07) is 3.67. The van der Waals surface area contributed by atoms with Crippen LogP contribution in [-0.4, -0.2) is 6.54 Å². The minimum Gasteiger partial charge on any atom is -0.385 e. The molecular formula is C9H8BrFIN. The number of rotatable bonds is 0. The Hall–Kier alpha value is 0.160. The lowest BCUT2D eigenvalue weighted by atomic mass is 10.0. The molecule has 0 saturated heterocycles. The van der Waals surface area contributed by atoms with Gasteiger partial charge in [0.2, 0.25) is 0 Å². The summed E-state index contributed by atoms with van der Waals surface area (Å²) in [5, 5.41) is 3.20. The van der Waals surface area contributed by atoms with Crippen molar-refractivity contribution in [2.45, 2.75) is 10.3 Å². The van der Waals surface area contributed by atoms with E-state index < -0.39 is 0 Å². The molecule has 0 radical (unpaired) electrons. The highest BCUT2D eigenvalue weighted by molar-refractivity contribution is 14.1. The van der Waals surface area contributed by atoms with E-state index in [4.69, 9.17) is 0 Å². The van der Waals surface area contributed by atoms with E-state index in [1.807, 2.05) is 6.07 Å². The third-order valence-corrected chi connectivity index (χ3v) is 4.02. The monoisotopic (exact) mass is 355 g/mol. The van der Waals surface area contributed by atoms with E-state index in [0.717, 1.165) is 24.2 Å². The highest BCUT2D eigenvalue weighted by atomic mass is 127. The molecule has 0 aromatic heterocycles. The summed E-state index contributed by atoms with van der Waals surface area (Å²) in [5.74, 6) is -0.121. The largest absolute Gasteiger partial charge is 0.385 e. The molecule has 1 aliphatic heterocycles. The molecule has 0 fully saturated rings. The number of anilines is 1. The van der Waals surface area contributed by atoms with Gasteiger partial charge in [-0.1, -0.05) is 22.6 Å². The van der Waals surface area contributed by atoms with Crippen molar-refractivity contribution in [1.82, 2.24) is 0 Å². The highest BCUT2D eigenvalue weighted by Gasteiger charge is 2.22. The number of benzene rings is 1. The minimum absolute atomic E-state index is 0.121. The molecule has 2 rings (SSSR count). The number of hydrogen-bond acceptors (Lipinski definition) is 1. The lowest BCUT2D eigenvalue weighted by molar-refractivity contribution is 0.597. The number of fused-ring (bicyclic) bond motifs is 1. The molecule has 0 spiro atoms. The molecule has 0 amide bonds. The Labute approximate surface area is 98.4 Å². The maximum atomic E-state index is 13.6. The van der Waals surface area contributed by atoms with Crippen molar-refractivity contribution in [3.63, 3.8) is 0 Å². The average molecular weight is 356 g/mol. The standard InChI is InChI=1S/C9H8BrFIN/c10-5-1-2-7-8(9(5)11)6(12)3-4-13-7/h1-2,6,13H,3-4H2. The molecule has 1 heterocycles. The Kier molecular flexibility index (Phi) is 2.78. The van der Waals surface area contributed by atoms with E-state index in [2.05, 4.69) is 43.8 Å². The van der Waals surface area contributed by atoms with Crippen molar-refractivity contribution in [3.05, 3.63) is 28.0 Å². The quantitative estimate of drug-likeness (QED) is 0.550. The fourth-order valence-corrected chi connectivity index (χ4v) is 2.77. The van der Waals surface area contributed by atoms with Crippen LogP contribution >= 0.6 is 38.5 Å². The van der Waals surface area contributed by atoms with Crippen LogP contribution in [0.2, 0.25) is 0 Å². The van der Waals surface area contributed by atoms with Gasteiger partial charge in [-0.15, -0.1) is 0 Å². The number of halogens is 3. The van der Waals surface area contributed by atoms with E-state index in [0.29, 0.717) is 4.47 Å². The van der Waals surface area contributed by atoms with Crippen LogP contribution in [0.1, 0.15) is 15.9 Å². The summed E-state index contributed by atoms with van der Waals surface area (Å²) in [7, 11) is 0. The summed E-state index contributed by atoms with van der Waals surface area (Å²) in [6.45, 7) is 0.932. The maximum absolute atomic E-state index is 13.6. The van der Waals surface area contributed by atoms with Gasteiger partial charge in [-0.3, -0.25) is 0 Å². The average Bonchev–Trinajstić information content (AvgIpc) is 2.12. The van der Waals surface area contributed by atoms with Gasteiger partial charge in [0, 0.05) is 21.7 Å². The summed E-state index contributed by atoms with van der Waals surface area (Å²) in [6.07, 6.45) is 0.987. The van der Waals surface area contributed by atoms with Gasteiger partial charge >= 0.3 is 0 Å². The summed E-state index contributed by atoms with van der Waals surface area (Å²) < 4.78 is 14.5. The molecule has 0 aliphatic carbocycles. The normalized spacial score (nSPS) is 20.7. The number of alkyl halides is 1. The van der Waals surface area contributed by atoms with Gasteiger partial charge in [0.1, 0.15) is 5.82 Å². The van der Waals surface area contributed by atoms with Crippen LogP contribution in [0.25, 0.3) is 0 Å². The molecule has 1 unspecified atom stereocenters. The molecular weight excluding hydrogens is 348 g/mol. The van der Waals surface area contributed by atoms with Crippen molar-refractivity contribution in [2.75, 3.05) is 11.9 Å². The molecule has 1 aromatic rings. The molecule has 4 heteroatoms. The van der Waals surface area contributed by atoms with Gasteiger partial charge in [-0.2, -0.15) is 0 Å². The zero-order valence-corrected chi connectivity index (χ0v) is 10.5. The van der Waals surface area contributed by atoms with Crippen LogP contribution in [0.5, 0.6) is 0 Å². The number of nitrogens with one attached hydrogen (secondary N) is 1. The first-order chi connectivity index (χ1) is 6.20. The van der Waals surface area contributed by atoms with Crippen LogP contribution in [-0.2, 0) is 0 Å². The Morgan fingerprint density at radius 1 is 1.54 bits per heavy atom. The van der Waals surface area contributed by atoms with E-state index in [9.17, 15) is 4.39 Å². The molecule has 1 N–H and O–H groups in total. The van der Waals surface area contributed by atoms with Crippen LogP contribution < -0.4 is 5.32 Å². The van der Waals surface area contributed by atoms with E-state index >= 15 is 0 Å².